The van der Waals surface area contributed by atoms with E-state index in [0.717, 1.165) is 6.33 Å². The molecule has 4 atom stereocenters. The first-order valence-electron chi connectivity index (χ1n) is 7.17. The molecule has 4 unspecified atom stereocenters. The summed E-state index contributed by atoms with van der Waals surface area (Å²) in [5.74, 6) is 0.0335. The normalized spacial score (nSPS) is 25.8. The van der Waals surface area contributed by atoms with Crippen molar-refractivity contribution in [3.05, 3.63) is 12.7 Å². The van der Waals surface area contributed by atoms with Gasteiger partial charge in [0, 0.05) is 0 Å². The number of fused-ring (bicyclic) bond motifs is 1. The second-order valence-electron chi connectivity index (χ2n) is 5.49. The Bertz CT molecular complexity index is 932. The van der Waals surface area contributed by atoms with E-state index in [-0.39, 0.29) is 46.5 Å². The maximum Gasteiger partial charge on any atom is 1.00 e. The van der Waals surface area contributed by atoms with Crippen LogP contribution in [0.4, 0.5) is 5.82 Å². The average molecular weight is 450 g/mol. The van der Waals surface area contributed by atoms with E-state index in [4.69, 9.17) is 30.0 Å². The number of aliphatic hydroxyl groups is 1. The summed E-state index contributed by atoms with van der Waals surface area (Å²) < 4.78 is 37.7. The minimum atomic E-state index is -5.06. The Kier molecular flexibility index (Phi) is 7.38. The largest absolute Gasteiger partial charge is 1.00 e. The summed E-state index contributed by atoms with van der Waals surface area (Å²) in [5, 5.41) is 10.3. The molecule has 3 rings (SSSR count). The van der Waals surface area contributed by atoms with Gasteiger partial charge in [0.05, 0.1) is 12.9 Å². The van der Waals surface area contributed by atoms with Crippen molar-refractivity contribution in [1.29, 1.82) is 0 Å². The fourth-order valence-corrected chi connectivity index (χ4v) is 3.47. The number of aliphatic hydroxyl groups excluding tert-OH is 1. The molecule has 7 N–H and O–H groups in total. The van der Waals surface area contributed by atoms with E-state index < -0.39 is 46.8 Å². The molecular formula is C10H15N5NaO10P2+. The van der Waals surface area contributed by atoms with Crippen LogP contribution >= 0.6 is 15.6 Å². The van der Waals surface area contributed by atoms with Crippen molar-refractivity contribution in [2.75, 3.05) is 12.3 Å². The van der Waals surface area contributed by atoms with E-state index in [1.165, 1.54) is 10.9 Å². The van der Waals surface area contributed by atoms with E-state index in [1.54, 1.807) is 0 Å². The van der Waals surface area contributed by atoms with Crippen molar-refractivity contribution in [2.45, 2.75) is 24.5 Å². The molecule has 0 bridgehead atoms. The SMILES string of the molecule is Nc1ncnc2c1ncn2C1OC(COP(=O)(O)O)C(O)C1OP(=O)(O)O.[Na+]. The van der Waals surface area contributed by atoms with Crippen molar-refractivity contribution in [2.24, 2.45) is 0 Å². The van der Waals surface area contributed by atoms with Gasteiger partial charge in [-0.2, -0.15) is 0 Å². The number of nitrogen functional groups attached to an aromatic ring is 1. The zero-order chi connectivity index (χ0) is 20.0. The minimum Gasteiger partial charge on any atom is -0.387 e. The smallest absolute Gasteiger partial charge is 0.387 e. The van der Waals surface area contributed by atoms with Gasteiger partial charge >= 0.3 is 45.2 Å². The van der Waals surface area contributed by atoms with Crippen LogP contribution in [-0.2, 0) is 22.9 Å². The Hall–Kier alpha value is -0.510. The molecule has 0 radical (unpaired) electrons. The number of nitrogens with two attached hydrogens (primary N) is 1. The van der Waals surface area contributed by atoms with Crippen LogP contribution in [0.1, 0.15) is 6.23 Å². The first-order valence-corrected chi connectivity index (χ1v) is 10.2. The van der Waals surface area contributed by atoms with Crippen molar-refractivity contribution in [1.82, 2.24) is 19.5 Å². The summed E-state index contributed by atoms with van der Waals surface area (Å²) >= 11 is 0. The van der Waals surface area contributed by atoms with Crippen molar-refractivity contribution >= 4 is 32.6 Å². The van der Waals surface area contributed by atoms with Gasteiger partial charge < -0.3 is 35.2 Å². The van der Waals surface area contributed by atoms with Crippen LogP contribution in [0.3, 0.4) is 0 Å². The summed E-state index contributed by atoms with van der Waals surface area (Å²) in [6.45, 7) is -0.771. The Morgan fingerprint density at radius 1 is 1.18 bits per heavy atom. The second kappa shape index (κ2) is 8.70. The average Bonchev–Trinajstić information content (AvgIpc) is 3.07. The van der Waals surface area contributed by atoms with Gasteiger partial charge in [0.25, 0.3) is 0 Å². The molecule has 2 aromatic heterocycles. The molecule has 1 aliphatic rings. The quantitative estimate of drug-likeness (QED) is 0.179. The third-order valence-electron chi connectivity index (χ3n) is 3.64. The first-order chi connectivity index (χ1) is 12.5. The molecule has 0 aromatic carbocycles. The molecule has 150 valence electrons. The first kappa shape index (κ1) is 23.8. The number of ether oxygens (including phenoxy) is 1. The predicted molar refractivity (Wildman–Crippen MR) is 84.6 cm³/mol. The third kappa shape index (κ3) is 5.34. The molecular weight excluding hydrogens is 435 g/mol. The Balaban J connectivity index is 0.00000280. The van der Waals surface area contributed by atoms with Crippen LogP contribution in [0.25, 0.3) is 11.2 Å². The third-order valence-corrected chi connectivity index (χ3v) is 4.64. The standard InChI is InChI=1S/C10H15N5O10P2.Na/c11-8-5-9(13-2-12-8)15(3-14-5)10-7(25-27(20,21)22)6(16)4(24-10)1-23-26(17,18)19;/h2-4,6-7,10,16H,1H2,(H2,11,12,13)(H2,17,18,19)(H2,20,21,22);/q;+1. The molecule has 0 aliphatic carbocycles. The molecule has 28 heavy (non-hydrogen) atoms. The van der Waals surface area contributed by atoms with Crippen molar-refractivity contribution in [3.63, 3.8) is 0 Å². The monoisotopic (exact) mass is 450 g/mol. The fourth-order valence-electron chi connectivity index (χ4n) is 2.58. The van der Waals surface area contributed by atoms with E-state index in [2.05, 4.69) is 24.0 Å². The minimum absolute atomic E-state index is 0. The molecule has 0 saturated carbocycles. The van der Waals surface area contributed by atoms with Crippen molar-refractivity contribution < 1.29 is 77.2 Å². The van der Waals surface area contributed by atoms with Gasteiger partial charge in [-0.25, -0.2) is 24.1 Å². The molecule has 0 amide bonds. The van der Waals surface area contributed by atoms with Gasteiger partial charge in [-0.15, -0.1) is 0 Å². The summed E-state index contributed by atoms with van der Waals surface area (Å²) in [6, 6.07) is 0. The van der Waals surface area contributed by atoms with Gasteiger partial charge in [-0.05, 0) is 0 Å². The Labute approximate surface area is 178 Å². The van der Waals surface area contributed by atoms with Crippen LogP contribution in [-0.4, -0.2) is 69.1 Å². The molecule has 3 heterocycles. The Morgan fingerprint density at radius 3 is 2.46 bits per heavy atom. The Morgan fingerprint density at radius 2 is 1.86 bits per heavy atom. The maximum atomic E-state index is 11.3. The number of imidazole rings is 1. The van der Waals surface area contributed by atoms with Gasteiger partial charge in [0.1, 0.15) is 30.2 Å². The van der Waals surface area contributed by atoms with Crippen molar-refractivity contribution in [3.8, 4) is 0 Å². The molecule has 2 aromatic rings. The van der Waals surface area contributed by atoms with E-state index in [1.807, 2.05) is 0 Å². The number of nitrogens with zero attached hydrogens (tertiary/aromatic N) is 4. The van der Waals surface area contributed by atoms with E-state index in [0.29, 0.717) is 0 Å². The number of rotatable bonds is 6. The molecule has 1 aliphatic heterocycles. The van der Waals surface area contributed by atoms with E-state index >= 15 is 0 Å². The number of hydrogen-bond acceptors (Lipinski definition) is 10. The van der Waals surface area contributed by atoms with Gasteiger partial charge in [-0.3, -0.25) is 13.6 Å². The molecule has 1 fully saturated rings. The van der Waals surface area contributed by atoms with Crippen LogP contribution < -0.4 is 35.3 Å². The predicted octanol–water partition coefficient (Wildman–Crippen LogP) is -4.74. The van der Waals surface area contributed by atoms with Crippen LogP contribution in [0.15, 0.2) is 12.7 Å². The van der Waals surface area contributed by atoms with Crippen LogP contribution in [0.5, 0.6) is 0 Å². The molecule has 1 saturated heterocycles. The summed E-state index contributed by atoms with van der Waals surface area (Å²) in [4.78, 5) is 47.5. The van der Waals surface area contributed by atoms with Crippen LogP contribution in [0.2, 0.25) is 0 Å². The number of phosphoric ester groups is 2. The summed E-state index contributed by atoms with van der Waals surface area (Å²) in [5.41, 5.74) is 5.96. The number of hydrogen-bond donors (Lipinski definition) is 6. The number of phosphoric acid groups is 2. The zero-order valence-electron chi connectivity index (χ0n) is 14.2. The topological polar surface area (TPSA) is 233 Å². The van der Waals surface area contributed by atoms with E-state index in [9.17, 15) is 14.2 Å². The molecule has 18 heteroatoms. The fraction of sp³-hybridized carbons (Fsp3) is 0.500. The molecule has 0 spiro atoms. The number of aromatic nitrogens is 4. The van der Waals surface area contributed by atoms with Crippen LogP contribution in [0, 0.1) is 0 Å². The van der Waals surface area contributed by atoms with Gasteiger partial charge in [-0.1, -0.05) is 0 Å². The van der Waals surface area contributed by atoms with Gasteiger partial charge in [0.2, 0.25) is 0 Å². The zero-order valence-corrected chi connectivity index (χ0v) is 18.0. The molecule has 15 nitrogen and oxygen atoms in total. The second-order valence-corrected chi connectivity index (χ2v) is 7.92. The summed E-state index contributed by atoms with van der Waals surface area (Å²) in [6.07, 6.45) is -3.78. The summed E-state index contributed by atoms with van der Waals surface area (Å²) in [7, 11) is -9.94. The number of anilines is 1. The maximum absolute atomic E-state index is 11.3. The van der Waals surface area contributed by atoms with Gasteiger partial charge in [0.15, 0.2) is 17.7 Å².